The third-order valence-corrected chi connectivity index (χ3v) is 10.3. The third kappa shape index (κ3) is 4.67. The number of rotatable bonds is 6. The summed E-state index contributed by atoms with van der Waals surface area (Å²) in [5, 5.41) is 2.53. The van der Waals surface area contributed by atoms with Crippen molar-refractivity contribution in [1.29, 1.82) is 0 Å². The van der Waals surface area contributed by atoms with Crippen LogP contribution in [0.4, 0.5) is 17.1 Å². The molecule has 0 bridgehead atoms. The lowest BCUT2D eigenvalue weighted by Crippen LogP contribution is -2.11. The standard InChI is InChI=1S/C41H39N3S/c1-9-30-23-38-36(24-39(30)45-8)40-41(35-20-25(2)10-19-37(35)42(40)7)44(38)32-17-15-31(16-18-32)43(33-13-11-26(3)28(5)21-33)34-14-12-27(4)29(6)22-34/h9-24H,1H2,2-8H3. The van der Waals surface area contributed by atoms with Gasteiger partial charge in [0.15, 0.2) is 0 Å². The number of nitrogens with zero attached hydrogens (tertiary/aromatic N) is 3. The van der Waals surface area contributed by atoms with E-state index in [1.165, 1.54) is 65.6 Å². The molecule has 0 atom stereocenters. The lowest BCUT2D eigenvalue weighted by atomic mass is 10.1. The minimum Gasteiger partial charge on any atom is -0.342 e. The average Bonchev–Trinajstić information content (AvgIpc) is 3.51. The molecule has 0 aliphatic heterocycles. The van der Waals surface area contributed by atoms with Crippen molar-refractivity contribution in [3.05, 3.63) is 131 Å². The molecule has 0 aliphatic carbocycles. The van der Waals surface area contributed by atoms with Gasteiger partial charge in [0.05, 0.1) is 22.1 Å². The monoisotopic (exact) mass is 605 g/mol. The van der Waals surface area contributed by atoms with E-state index in [0.717, 1.165) is 28.3 Å². The second-order valence-corrected chi connectivity index (χ2v) is 13.2. The van der Waals surface area contributed by atoms with Crippen molar-refractivity contribution in [2.24, 2.45) is 7.05 Å². The Morgan fingerprint density at radius 3 is 1.80 bits per heavy atom. The highest BCUT2D eigenvalue weighted by Gasteiger charge is 2.22. The van der Waals surface area contributed by atoms with Crippen LogP contribution in [0, 0.1) is 34.6 Å². The van der Waals surface area contributed by atoms with E-state index in [9.17, 15) is 0 Å². The number of fused-ring (bicyclic) bond motifs is 5. The number of anilines is 3. The van der Waals surface area contributed by atoms with Crippen molar-refractivity contribution >= 4 is 67.7 Å². The van der Waals surface area contributed by atoms with Crippen molar-refractivity contribution in [1.82, 2.24) is 9.13 Å². The number of hydrogen-bond acceptors (Lipinski definition) is 2. The summed E-state index contributed by atoms with van der Waals surface area (Å²) in [7, 11) is 2.19. The average molecular weight is 606 g/mol. The Balaban J connectivity index is 1.48. The van der Waals surface area contributed by atoms with Crippen LogP contribution in [0.1, 0.15) is 33.4 Å². The molecule has 0 radical (unpaired) electrons. The summed E-state index contributed by atoms with van der Waals surface area (Å²) in [5.74, 6) is 0. The molecule has 0 fully saturated rings. The maximum Gasteiger partial charge on any atom is 0.0800 e. The first-order valence-corrected chi connectivity index (χ1v) is 16.7. The molecule has 4 heteroatoms. The number of thioether (sulfide) groups is 1. The fraction of sp³-hybridized carbons (Fsp3) is 0.171. The van der Waals surface area contributed by atoms with Crippen LogP contribution in [0.2, 0.25) is 0 Å². The number of benzene rings is 5. The van der Waals surface area contributed by atoms with Gasteiger partial charge in [0, 0.05) is 45.5 Å². The summed E-state index contributed by atoms with van der Waals surface area (Å²) in [4.78, 5) is 3.61. The van der Waals surface area contributed by atoms with E-state index >= 15 is 0 Å². The van der Waals surface area contributed by atoms with Gasteiger partial charge in [0.25, 0.3) is 0 Å². The van der Waals surface area contributed by atoms with Gasteiger partial charge in [-0.2, -0.15) is 0 Å². The molecule has 0 saturated carbocycles. The van der Waals surface area contributed by atoms with E-state index in [-0.39, 0.29) is 0 Å². The molecular formula is C41H39N3S. The van der Waals surface area contributed by atoms with E-state index in [1.807, 2.05) is 6.08 Å². The molecule has 0 saturated heterocycles. The Bertz CT molecular complexity index is 2230. The van der Waals surface area contributed by atoms with Gasteiger partial charge in [-0.25, -0.2) is 0 Å². The highest BCUT2D eigenvalue weighted by molar-refractivity contribution is 7.98. The van der Waals surface area contributed by atoms with Crippen molar-refractivity contribution in [2.45, 2.75) is 39.5 Å². The van der Waals surface area contributed by atoms with E-state index in [0.29, 0.717) is 0 Å². The van der Waals surface area contributed by atoms with Crippen LogP contribution < -0.4 is 4.90 Å². The Morgan fingerprint density at radius 2 is 1.22 bits per heavy atom. The van der Waals surface area contributed by atoms with Crippen molar-refractivity contribution < 1.29 is 0 Å². The topological polar surface area (TPSA) is 13.1 Å². The maximum atomic E-state index is 4.15. The minimum atomic E-state index is 1.13. The normalized spacial score (nSPS) is 11.6. The van der Waals surface area contributed by atoms with Gasteiger partial charge >= 0.3 is 0 Å². The fourth-order valence-corrected chi connectivity index (χ4v) is 7.30. The van der Waals surface area contributed by atoms with Gasteiger partial charge in [-0.05, 0) is 141 Å². The predicted molar refractivity (Wildman–Crippen MR) is 197 cm³/mol. The van der Waals surface area contributed by atoms with Crippen LogP contribution in [0.5, 0.6) is 0 Å². The summed E-state index contributed by atoms with van der Waals surface area (Å²) in [6, 6.07) is 34.0. The molecular weight excluding hydrogens is 567 g/mol. The molecule has 0 aliphatic rings. The van der Waals surface area contributed by atoms with E-state index in [1.54, 1.807) is 11.8 Å². The number of hydrogen-bond donors (Lipinski definition) is 0. The van der Waals surface area contributed by atoms with Gasteiger partial charge in [-0.3, -0.25) is 0 Å². The molecule has 0 unspecified atom stereocenters. The first kappa shape index (κ1) is 29.1. The zero-order valence-corrected chi connectivity index (χ0v) is 28.0. The van der Waals surface area contributed by atoms with E-state index in [4.69, 9.17) is 0 Å². The molecule has 0 spiro atoms. The van der Waals surface area contributed by atoms with Crippen molar-refractivity contribution in [2.75, 3.05) is 11.2 Å². The largest absolute Gasteiger partial charge is 0.342 e. The van der Waals surface area contributed by atoms with Gasteiger partial charge in [-0.15, -0.1) is 11.8 Å². The molecule has 2 heterocycles. The number of aryl methyl sites for hydroxylation is 6. The van der Waals surface area contributed by atoms with Crippen molar-refractivity contribution in [3.8, 4) is 5.69 Å². The summed E-state index contributed by atoms with van der Waals surface area (Å²) < 4.78 is 4.81. The summed E-state index contributed by atoms with van der Waals surface area (Å²) in [6.07, 6.45) is 4.12. The smallest absolute Gasteiger partial charge is 0.0800 e. The van der Waals surface area contributed by atoms with Crippen LogP contribution in [-0.2, 0) is 7.05 Å². The Hall–Kier alpha value is -4.67. The minimum absolute atomic E-state index is 1.13. The first-order chi connectivity index (χ1) is 21.7. The molecule has 0 N–H and O–H groups in total. The molecule has 2 aromatic heterocycles. The lowest BCUT2D eigenvalue weighted by molar-refractivity contribution is 1.02. The second kappa shape index (κ2) is 11.0. The van der Waals surface area contributed by atoms with Crippen LogP contribution in [0.3, 0.4) is 0 Å². The SMILES string of the molecule is C=Cc1cc2c(cc1SC)c1c(c3cc(C)ccc3n1C)n2-c1ccc(N(c2ccc(C)c(C)c2)c2ccc(C)c(C)c2)cc1. The van der Waals surface area contributed by atoms with Gasteiger partial charge in [-0.1, -0.05) is 36.4 Å². The Kier molecular flexibility index (Phi) is 7.13. The predicted octanol–water partition coefficient (Wildman–Crippen LogP) is 11.7. The summed E-state index contributed by atoms with van der Waals surface area (Å²) in [6.45, 7) is 15.0. The molecule has 5 aromatic carbocycles. The molecule has 7 rings (SSSR count). The Morgan fingerprint density at radius 1 is 0.622 bits per heavy atom. The summed E-state index contributed by atoms with van der Waals surface area (Å²) >= 11 is 1.77. The van der Waals surface area contributed by atoms with Crippen LogP contribution in [0.25, 0.3) is 44.6 Å². The molecule has 7 aromatic rings. The Labute approximate surface area is 270 Å². The van der Waals surface area contributed by atoms with E-state index < -0.39 is 0 Å². The third-order valence-electron chi connectivity index (χ3n) is 9.48. The fourth-order valence-electron chi connectivity index (χ4n) is 6.68. The van der Waals surface area contributed by atoms with Crippen LogP contribution in [-0.4, -0.2) is 15.4 Å². The highest BCUT2D eigenvalue weighted by Crippen LogP contribution is 2.42. The van der Waals surface area contributed by atoms with E-state index in [2.05, 4.69) is 160 Å². The first-order valence-electron chi connectivity index (χ1n) is 15.5. The summed E-state index contributed by atoms with van der Waals surface area (Å²) in [5.41, 5.74) is 17.1. The molecule has 224 valence electrons. The number of aromatic nitrogens is 2. The highest BCUT2D eigenvalue weighted by atomic mass is 32.2. The van der Waals surface area contributed by atoms with Gasteiger partial charge in [0.2, 0.25) is 0 Å². The zero-order valence-electron chi connectivity index (χ0n) is 27.2. The van der Waals surface area contributed by atoms with Crippen LogP contribution >= 0.6 is 11.8 Å². The van der Waals surface area contributed by atoms with Crippen molar-refractivity contribution in [3.63, 3.8) is 0 Å². The molecule has 0 amide bonds. The quantitative estimate of drug-likeness (QED) is 0.175. The zero-order chi connectivity index (χ0) is 31.6. The van der Waals surface area contributed by atoms with Crippen LogP contribution in [0.15, 0.2) is 102 Å². The molecule has 45 heavy (non-hydrogen) atoms. The lowest BCUT2D eigenvalue weighted by Gasteiger charge is -2.27. The van der Waals surface area contributed by atoms with Gasteiger partial charge in [0.1, 0.15) is 0 Å². The second-order valence-electron chi connectivity index (χ2n) is 12.3. The molecule has 3 nitrogen and oxygen atoms in total. The van der Waals surface area contributed by atoms with Gasteiger partial charge < -0.3 is 14.0 Å². The maximum absolute atomic E-state index is 4.15.